The number of rotatable bonds is 8. The number of hydrogen-bond donors (Lipinski definition) is 2. The quantitative estimate of drug-likeness (QED) is 0.503. The lowest BCUT2D eigenvalue weighted by molar-refractivity contribution is -0.128. The van der Waals surface area contributed by atoms with Crippen LogP contribution in [0.2, 0.25) is 0 Å². The fourth-order valence-corrected chi connectivity index (χ4v) is 4.54. The van der Waals surface area contributed by atoms with Crippen molar-refractivity contribution in [3.63, 3.8) is 0 Å². The Morgan fingerprint density at radius 2 is 1.69 bits per heavy atom. The number of carbonyl (C=O) groups is 2. The summed E-state index contributed by atoms with van der Waals surface area (Å²) >= 11 is 0. The summed E-state index contributed by atoms with van der Waals surface area (Å²) in [4.78, 5) is 57.1. The first-order valence-corrected chi connectivity index (χ1v) is 12.1. The second kappa shape index (κ2) is 10.6. The van der Waals surface area contributed by atoms with Gasteiger partial charge in [0.15, 0.2) is 5.69 Å². The number of likely N-dealkylation sites (tertiary alicyclic amines) is 1. The number of anilines is 2. The highest BCUT2D eigenvalue weighted by Gasteiger charge is 2.38. The minimum atomic E-state index is -0.718. The molecule has 1 atom stereocenters. The Bertz CT molecular complexity index is 1360. The van der Waals surface area contributed by atoms with Gasteiger partial charge in [0.2, 0.25) is 11.8 Å². The minimum Gasteiger partial charge on any atom is -0.383 e. The number of benzene rings is 2. The second-order valence-electron chi connectivity index (χ2n) is 9.22. The van der Waals surface area contributed by atoms with Crippen molar-refractivity contribution in [1.82, 2.24) is 14.5 Å². The number of nitrogens with zero attached hydrogens (tertiary/aromatic N) is 3. The highest BCUT2D eigenvalue weighted by Crippen LogP contribution is 2.26. The number of H-pyrrole nitrogens is 1. The summed E-state index contributed by atoms with van der Waals surface area (Å²) in [6, 6.07) is 17.2. The standard InChI is InChI=1S/C27H31N5O4/c1-3-13-31(23-24(28)32(27(36)29-25(23)34)16-19-7-5-4-6-8-19)26(35)21-14-22(33)30(17-21)15-20-11-9-18(2)10-12-20/h4-12,21H,3,13-17,28H2,1-2H3,(H,29,34,36)/t21-/m1/s1. The molecule has 3 aromatic rings. The van der Waals surface area contributed by atoms with E-state index < -0.39 is 17.2 Å². The lowest BCUT2D eigenvalue weighted by Crippen LogP contribution is -2.44. The van der Waals surface area contributed by atoms with Gasteiger partial charge in [-0.3, -0.25) is 23.9 Å². The average Bonchev–Trinajstić information content (AvgIpc) is 3.22. The minimum absolute atomic E-state index is 0.0539. The van der Waals surface area contributed by atoms with Gasteiger partial charge in [-0.1, -0.05) is 67.1 Å². The predicted molar refractivity (Wildman–Crippen MR) is 139 cm³/mol. The lowest BCUT2D eigenvalue weighted by atomic mass is 10.1. The molecule has 36 heavy (non-hydrogen) atoms. The largest absolute Gasteiger partial charge is 0.383 e. The molecule has 2 amide bonds. The first-order valence-electron chi connectivity index (χ1n) is 12.1. The summed E-state index contributed by atoms with van der Waals surface area (Å²) in [6.45, 7) is 4.94. The predicted octanol–water partition coefficient (Wildman–Crippen LogP) is 2.27. The van der Waals surface area contributed by atoms with Gasteiger partial charge < -0.3 is 15.5 Å². The summed E-state index contributed by atoms with van der Waals surface area (Å²) in [6.07, 6.45) is 0.628. The van der Waals surface area contributed by atoms with Crippen LogP contribution in [-0.4, -0.2) is 39.4 Å². The van der Waals surface area contributed by atoms with Gasteiger partial charge in [-0.2, -0.15) is 0 Å². The molecule has 0 spiro atoms. The molecule has 0 aliphatic carbocycles. The molecule has 0 saturated carbocycles. The van der Waals surface area contributed by atoms with Crippen LogP contribution in [0.4, 0.5) is 11.5 Å². The molecule has 2 heterocycles. The van der Waals surface area contributed by atoms with E-state index >= 15 is 0 Å². The molecule has 9 heteroatoms. The van der Waals surface area contributed by atoms with Crippen LogP contribution in [0, 0.1) is 12.8 Å². The Kier molecular flexibility index (Phi) is 7.38. The Balaban J connectivity index is 1.61. The van der Waals surface area contributed by atoms with Crippen molar-refractivity contribution in [1.29, 1.82) is 0 Å². The monoisotopic (exact) mass is 489 g/mol. The van der Waals surface area contributed by atoms with Gasteiger partial charge in [-0.15, -0.1) is 0 Å². The second-order valence-corrected chi connectivity index (χ2v) is 9.22. The Labute approximate surface area is 209 Å². The summed E-state index contributed by atoms with van der Waals surface area (Å²) in [5.74, 6) is -1.14. The van der Waals surface area contributed by atoms with Crippen molar-refractivity contribution in [3.05, 3.63) is 92.1 Å². The Morgan fingerprint density at radius 1 is 1.03 bits per heavy atom. The average molecular weight is 490 g/mol. The first kappa shape index (κ1) is 25.0. The number of aryl methyl sites for hydroxylation is 1. The molecule has 0 radical (unpaired) electrons. The van der Waals surface area contributed by atoms with Gasteiger partial charge in [-0.05, 0) is 24.5 Å². The van der Waals surface area contributed by atoms with Crippen LogP contribution in [0.15, 0.2) is 64.2 Å². The van der Waals surface area contributed by atoms with E-state index in [4.69, 9.17) is 5.73 Å². The molecule has 1 saturated heterocycles. The van der Waals surface area contributed by atoms with Gasteiger partial charge in [0, 0.05) is 26.1 Å². The van der Waals surface area contributed by atoms with Crippen LogP contribution >= 0.6 is 0 Å². The van der Waals surface area contributed by atoms with Gasteiger partial charge >= 0.3 is 5.69 Å². The smallest absolute Gasteiger partial charge is 0.330 e. The van der Waals surface area contributed by atoms with Crippen LogP contribution < -0.4 is 21.9 Å². The normalized spacial score (nSPS) is 15.3. The number of nitrogen functional groups attached to an aromatic ring is 1. The fraction of sp³-hybridized carbons (Fsp3) is 0.333. The molecule has 1 aromatic heterocycles. The number of aromatic amines is 1. The molecule has 1 aliphatic heterocycles. The van der Waals surface area contributed by atoms with E-state index in [1.807, 2.05) is 68.4 Å². The van der Waals surface area contributed by atoms with Gasteiger partial charge in [-0.25, -0.2) is 4.79 Å². The molecule has 4 rings (SSSR count). The number of carbonyl (C=O) groups excluding carboxylic acids is 2. The highest BCUT2D eigenvalue weighted by atomic mass is 16.2. The van der Waals surface area contributed by atoms with Crippen LogP contribution in [-0.2, 0) is 22.7 Å². The molecule has 1 aliphatic rings. The number of nitrogens with two attached hydrogens (primary N) is 1. The molecule has 188 valence electrons. The zero-order chi connectivity index (χ0) is 25.8. The number of nitrogens with one attached hydrogen (secondary N) is 1. The number of hydrogen-bond acceptors (Lipinski definition) is 5. The van der Waals surface area contributed by atoms with E-state index in [1.54, 1.807) is 4.90 Å². The topological polar surface area (TPSA) is 121 Å². The molecule has 0 bridgehead atoms. The zero-order valence-electron chi connectivity index (χ0n) is 20.6. The van der Waals surface area contributed by atoms with Crippen molar-refractivity contribution >= 4 is 23.3 Å². The molecule has 0 unspecified atom stereocenters. The van der Waals surface area contributed by atoms with E-state index in [2.05, 4.69) is 4.98 Å². The molecule has 2 aromatic carbocycles. The van der Waals surface area contributed by atoms with Crippen molar-refractivity contribution < 1.29 is 9.59 Å². The summed E-state index contributed by atoms with van der Waals surface area (Å²) in [7, 11) is 0. The summed E-state index contributed by atoms with van der Waals surface area (Å²) in [5.41, 5.74) is 7.87. The third-order valence-electron chi connectivity index (χ3n) is 6.44. The lowest BCUT2D eigenvalue weighted by Gasteiger charge is -2.26. The van der Waals surface area contributed by atoms with Gasteiger partial charge in [0.05, 0.1) is 12.5 Å². The maximum Gasteiger partial charge on any atom is 0.330 e. The first-order chi connectivity index (χ1) is 17.3. The van der Waals surface area contributed by atoms with Crippen molar-refractivity contribution in [3.8, 4) is 0 Å². The van der Waals surface area contributed by atoms with Crippen LogP contribution in [0.25, 0.3) is 0 Å². The maximum atomic E-state index is 13.6. The molecule has 9 nitrogen and oxygen atoms in total. The molecule has 3 N–H and O–H groups in total. The molecular weight excluding hydrogens is 458 g/mol. The van der Waals surface area contributed by atoms with E-state index in [1.165, 1.54) is 9.47 Å². The Morgan fingerprint density at radius 3 is 2.36 bits per heavy atom. The highest BCUT2D eigenvalue weighted by molar-refractivity contribution is 6.00. The van der Waals surface area contributed by atoms with Crippen LogP contribution in [0.3, 0.4) is 0 Å². The van der Waals surface area contributed by atoms with E-state index in [0.29, 0.717) is 13.0 Å². The Hall–Kier alpha value is -4.14. The third-order valence-corrected chi connectivity index (χ3v) is 6.44. The van der Waals surface area contributed by atoms with E-state index in [9.17, 15) is 19.2 Å². The maximum absolute atomic E-state index is 13.6. The van der Waals surface area contributed by atoms with Gasteiger partial charge in [0.25, 0.3) is 5.56 Å². The third kappa shape index (κ3) is 5.25. The summed E-state index contributed by atoms with van der Waals surface area (Å²) in [5, 5.41) is 0. The number of amides is 2. The zero-order valence-corrected chi connectivity index (χ0v) is 20.6. The number of aromatic nitrogens is 2. The van der Waals surface area contributed by atoms with Crippen LogP contribution in [0.5, 0.6) is 0 Å². The van der Waals surface area contributed by atoms with E-state index in [-0.39, 0.29) is 49.4 Å². The molecular formula is C27H31N5O4. The van der Waals surface area contributed by atoms with Crippen molar-refractivity contribution in [2.45, 2.75) is 39.8 Å². The van der Waals surface area contributed by atoms with Crippen molar-refractivity contribution in [2.75, 3.05) is 23.7 Å². The SMILES string of the molecule is CCCN(C(=O)[C@@H]1CC(=O)N(Cc2ccc(C)cc2)C1)c1c(N)n(Cc2ccccc2)c(=O)[nH]c1=O. The van der Waals surface area contributed by atoms with Crippen LogP contribution in [0.1, 0.15) is 36.5 Å². The fourth-order valence-electron chi connectivity index (χ4n) is 4.54. The van der Waals surface area contributed by atoms with Crippen molar-refractivity contribution in [2.24, 2.45) is 5.92 Å². The summed E-state index contributed by atoms with van der Waals surface area (Å²) < 4.78 is 1.26. The van der Waals surface area contributed by atoms with Gasteiger partial charge in [0.1, 0.15) is 5.82 Å². The van der Waals surface area contributed by atoms with E-state index in [0.717, 1.165) is 16.7 Å². The molecule has 1 fully saturated rings.